The molecule has 1 aromatic carbocycles. The molecule has 3 aromatic rings. The van der Waals surface area contributed by atoms with E-state index in [4.69, 9.17) is 0 Å². The van der Waals surface area contributed by atoms with E-state index in [-0.39, 0.29) is 16.7 Å². The lowest BCUT2D eigenvalue weighted by Gasteiger charge is -2.27. The molecule has 2 heterocycles. The molecule has 2 N–H and O–H groups in total. The average molecular weight is 513 g/mol. The van der Waals surface area contributed by atoms with Gasteiger partial charge in [-0.05, 0) is 25.5 Å². The van der Waals surface area contributed by atoms with Gasteiger partial charge in [-0.1, -0.05) is 32.1 Å². The molecule has 0 spiro atoms. The van der Waals surface area contributed by atoms with Crippen molar-refractivity contribution in [1.29, 1.82) is 0 Å². The Labute approximate surface area is 205 Å². The summed E-state index contributed by atoms with van der Waals surface area (Å²) in [6, 6.07) is 0.309. The Balaban J connectivity index is 1.71. The Hall–Kier alpha value is -3.02. The smallest absolute Gasteiger partial charge is 0.419 e. The minimum Gasteiger partial charge on any atom is -0.503 e. The third-order valence-corrected chi connectivity index (χ3v) is 6.75. The van der Waals surface area contributed by atoms with Gasteiger partial charge >= 0.3 is 6.18 Å². The van der Waals surface area contributed by atoms with Crippen molar-refractivity contribution in [2.45, 2.75) is 44.7 Å². The fourth-order valence-electron chi connectivity index (χ4n) is 4.75. The fraction of sp³-hybridized carbons (Fsp3) is 0.542. The number of benzene rings is 1. The number of phenols is 1. The number of nitrogens with one attached hydrogen (secondary N) is 1. The number of halogens is 5. The van der Waals surface area contributed by atoms with Crippen molar-refractivity contribution in [3.8, 4) is 17.0 Å². The molecule has 0 atom stereocenters. The second-order valence-electron chi connectivity index (χ2n) is 9.21. The standard InChI is InChI=1S/C24H29F5N6O/c1-30-9-11-35(10-8-14-6-4-3-5-7-14)23-31-13-16-20(33-34(2)22(16)32-23)15-12-17(24(27,28)29)19(26)21(36)18(15)25/h12-14,30,36H,3-11H2,1-2H3. The minimum atomic E-state index is -5.13. The maximum atomic E-state index is 14.7. The molecule has 1 fully saturated rings. The topological polar surface area (TPSA) is 79.1 Å². The van der Waals surface area contributed by atoms with E-state index in [2.05, 4.69) is 20.4 Å². The molecule has 0 amide bonds. The number of aromatic hydroxyl groups is 1. The van der Waals surface area contributed by atoms with Crippen molar-refractivity contribution < 1.29 is 27.1 Å². The normalized spacial score (nSPS) is 15.1. The van der Waals surface area contributed by atoms with Crippen molar-refractivity contribution in [2.75, 3.05) is 31.6 Å². The maximum absolute atomic E-state index is 14.7. The molecule has 0 unspecified atom stereocenters. The van der Waals surface area contributed by atoms with Crippen LogP contribution in [0.3, 0.4) is 0 Å². The number of hydrogen-bond acceptors (Lipinski definition) is 6. The highest BCUT2D eigenvalue weighted by Crippen LogP contribution is 2.41. The molecular weight excluding hydrogens is 483 g/mol. The number of fused-ring (bicyclic) bond motifs is 1. The number of phenolic OH excluding ortho intramolecular Hbond substituents is 1. The van der Waals surface area contributed by atoms with Crippen LogP contribution in [-0.4, -0.2) is 51.5 Å². The van der Waals surface area contributed by atoms with Gasteiger partial charge in [0.05, 0.1) is 10.9 Å². The SMILES string of the molecule is CNCCN(CCC1CCCCC1)c1ncc2c(-c3cc(C(F)(F)F)c(F)c(O)c3F)nn(C)c2n1. The van der Waals surface area contributed by atoms with Crippen LogP contribution < -0.4 is 10.2 Å². The van der Waals surface area contributed by atoms with Gasteiger partial charge in [0, 0.05) is 38.4 Å². The second-order valence-corrected chi connectivity index (χ2v) is 9.21. The van der Waals surface area contributed by atoms with Gasteiger partial charge in [0.15, 0.2) is 23.0 Å². The van der Waals surface area contributed by atoms with Crippen LogP contribution in [0.4, 0.5) is 27.9 Å². The van der Waals surface area contributed by atoms with E-state index in [0.717, 1.165) is 13.0 Å². The largest absolute Gasteiger partial charge is 0.503 e. The molecule has 0 bridgehead atoms. The predicted molar refractivity (Wildman–Crippen MR) is 126 cm³/mol. The number of hydrogen-bond donors (Lipinski definition) is 2. The van der Waals surface area contributed by atoms with Crippen LogP contribution in [-0.2, 0) is 13.2 Å². The second kappa shape index (κ2) is 10.5. The van der Waals surface area contributed by atoms with Gasteiger partial charge in [-0.2, -0.15) is 23.3 Å². The molecule has 12 heteroatoms. The van der Waals surface area contributed by atoms with Crippen molar-refractivity contribution >= 4 is 17.0 Å². The quantitative estimate of drug-likeness (QED) is 0.413. The van der Waals surface area contributed by atoms with Crippen LogP contribution in [0.15, 0.2) is 12.3 Å². The van der Waals surface area contributed by atoms with Gasteiger partial charge < -0.3 is 15.3 Å². The van der Waals surface area contributed by atoms with Gasteiger partial charge in [-0.25, -0.2) is 18.4 Å². The molecule has 0 aliphatic heterocycles. The maximum Gasteiger partial charge on any atom is 0.419 e. The van der Waals surface area contributed by atoms with E-state index in [1.54, 1.807) is 0 Å². The molecule has 0 saturated heterocycles. The lowest BCUT2D eigenvalue weighted by molar-refractivity contribution is -0.140. The lowest BCUT2D eigenvalue weighted by Crippen LogP contribution is -2.34. The Morgan fingerprint density at radius 2 is 1.86 bits per heavy atom. The van der Waals surface area contributed by atoms with E-state index < -0.39 is 34.7 Å². The fourth-order valence-corrected chi connectivity index (χ4v) is 4.75. The molecule has 7 nitrogen and oxygen atoms in total. The number of anilines is 1. The van der Waals surface area contributed by atoms with Crippen molar-refractivity contribution in [3.05, 3.63) is 29.5 Å². The molecule has 1 aliphatic rings. The highest BCUT2D eigenvalue weighted by molar-refractivity contribution is 5.91. The van der Waals surface area contributed by atoms with Crippen molar-refractivity contribution in [2.24, 2.45) is 13.0 Å². The summed E-state index contributed by atoms with van der Waals surface area (Å²) in [5, 5.41) is 17.1. The summed E-state index contributed by atoms with van der Waals surface area (Å²) in [6.07, 6.45) is 3.42. The van der Waals surface area contributed by atoms with Crippen LogP contribution in [0, 0.1) is 17.6 Å². The first-order valence-electron chi connectivity index (χ1n) is 12.0. The van der Waals surface area contributed by atoms with E-state index in [0.29, 0.717) is 31.0 Å². The van der Waals surface area contributed by atoms with E-state index in [1.165, 1.54) is 50.0 Å². The molecule has 0 radical (unpaired) electrons. The van der Waals surface area contributed by atoms with Crippen molar-refractivity contribution in [3.63, 3.8) is 0 Å². The molecule has 2 aromatic heterocycles. The summed E-state index contributed by atoms with van der Waals surface area (Å²) in [5.74, 6) is -4.23. The first-order chi connectivity index (χ1) is 17.1. The first kappa shape index (κ1) is 26.1. The molecule has 1 saturated carbocycles. The Bertz CT molecular complexity index is 1220. The first-order valence-corrected chi connectivity index (χ1v) is 12.0. The van der Waals surface area contributed by atoms with Crippen LogP contribution in [0.1, 0.15) is 44.1 Å². The summed E-state index contributed by atoms with van der Waals surface area (Å²) in [4.78, 5) is 11.0. The molecular formula is C24H29F5N6O. The number of alkyl halides is 3. The Kier molecular flexibility index (Phi) is 7.62. The number of aromatic nitrogens is 4. The molecule has 196 valence electrons. The third kappa shape index (κ3) is 5.23. The summed E-state index contributed by atoms with van der Waals surface area (Å²) in [5.41, 5.74) is -2.42. The predicted octanol–water partition coefficient (Wildman–Crippen LogP) is 5.03. The lowest BCUT2D eigenvalue weighted by atomic mass is 9.87. The van der Waals surface area contributed by atoms with Crippen LogP contribution >= 0.6 is 0 Å². The van der Waals surface area contributed by atoms with Gasteiger partial charge in [0.2, 0.25) is 5.95 Å². The van der Waals surface area contributed by atoms with E-state index in [9.17, 15) is 27.1 Å². The summed E-state index contributed by atoms with van der Waals surface area (Å²) in [7, 11) is 3.37. The van der Waals surface area contributed by atoms with Crippen LogP contribution in [0.2, 0.25) is 0 Å². The Morgan fingerprint density at radius 1 is 1.14 bits per heavy atom. The summed E-state index contributed by atoms with van der Waals surface area (Å²) < 4.78 is 69.8. The van der Waals surface area contributed by atoms with Crippen LogP contribution in [0.25, 0.3) is 22.3 Å². The number of aryl methyl sites for hydroxylation is 1. The molecule has 4 rings (SSSR count). The number of likely N-dealkylation sites (N-methyl/N-ethyl adjacent to an activating group) is 1. The zero-order chi connectivity index (χ0) is 26.0. The van der Waals surface area contributed by atoms with Gasteiger partial charge in [-0.3, -0.25) is 0 Å². The molecule has 36 heavy (non-hydrogen) atoms. The highest BCUT2D eigenvalue weighted by Gasteiger charge is 2.38. The average Bonchev–Trinajstić information content (AvgIpc) is 3.18. The van der Waals surface area contributed by atoms with Gasteiger partial charge in [0.1, 0.15) is 5.69 Å². The third-order valence-electron chi connectivity index (χ3n) is 6.75. The summed E-state index contributed by atoms with van der Waals surface area (Å²) in [6.45, 7) is 2.09. The van der Waals surface area contributed by atoms with Gasteiger partial charge in [-0.15, -0.1) is 0 Å². The van der Waals surface area contributed by atoms with Crippen molar-refractivity contribution in [1.82, 2.24) is 25.1 Å². The van der Waals surface area contributed by atoms with E-state index >= 15 is 0 Å². The van der Waals surface area contributed by atoms with E-state index in [1.807, 2.05) is 11.9 Å². The van der Waals surface area contributed by atoms with Gasteiger partial charge in [0.25, 0.3) is 0 Å². The highest BCUT2D eigenvalue weighted by atomic mass is 19.4. The minimum absolute atomic E-state index is 0.181. The van der Waals surface area contributed by atoms with Crippen LogP contribution in [0.5, 0.6) is 5.75 Å². The monoisotopic (exact) mass is 512 g/mol. The Morgan fingerprint density at radius 3 is 2.53 bits per heavy atom. The summed E-state index contributed by atoms with van der Waals surface area (Å²) >= 11 is 0. The zero-order valence-electron chi connectivity index (χ0n) is 20.2. The molecule has 1 aliphatic carbocycles. The zero-order valence-corrected chi connectivity index (χ0v) is 20.2. The number of rotatable bonds is 8. The number of nitrogens with zero attached hydrogens (tertiary/aromatic N) is 5.